The van der Waals surface area contributed by atoms with Crippen molar-refractivity contribution in [2.45, 2.75) is 46.2 Å². The Morgan fingerprint density at radius 3 is 2.68 bits per heavy atom. The van der Waals surface area contributed by atoms with Crippen molar-refractivity contribution in [2.24, 2.45) is 0 Å². The minimum absolute atomic E-state index is 0.155. The lowest BCUT2D eigenvalue weighted by atomic mass is 10.1. The quantitative estimate of drug-likeness (QED) is 0.882. The van der Waals surface area contributed by atoms with Crippen LogP contribution in [0.3, 0.4) is 0 Å². The molecule has 0 aliphatic heterocycles. The van der Waals surface area contributed by atoms with Crippen LogP contribution in [0, 0.1) is 0 Å². The largest absolute Gasteiger partial charge is 0.304 e. The average molecular weight is 278 g/mol. The molecule has 5 heteroatoms. The number of aromatic nitrogens is 3. The van der Waals surface area contributed by atoms with E-state index < -0.39 is 0 Å². The second kappa shape index (κ2) is 6.30. The van der Waals surface area contributed by atoms with Crippen molar-refractivity contribution >= 4 is 11.3 Å². The van der Waals surface area contributed by atoms with Crippen molar-refractivity contribution in [3.8, 4) is 0 Å². The molecule has 104 valence electrons. The van der Waals surface area contributed by atoms with Crippen LogP contribution in [0.5, 0.6) is 0 Å². The van der Waals surface area contributed by atoms with Gasteiger partial charge < -0.3 is 5.32 Å². The molecule has 1 N–H and O–H groups in total. The number of thiazole rings is 1. The Kier molecular flexibility index (Phi) is 4.71. The summed E-state index contributed by atoms with van der Waals surface area (Å²) in [5, 5.41) is 11.1. The number of rotatable bonds is 6. The van der Waals surface area contributed by atoms with Gasteiger partial charge in [0, 0.05) is 23.7 Å². The number of aryl methyl sites for hydroxylation is 1. The molecule has 0 amide bonds. The van der Waals surface area contributed by atoms with Gasteiger partial charge >= 0.3 is 0 Å². The van der Waals surface area contributed by atoms with E-state index in [1.807, 2.05) is 10.9 Å². The third-order valence-electron chi connectivity index (χ3n) is 3.10. The molecule has 0 bridgehead atoms. The molecule has 0 aliphatic carbocycles. The van der Waals surface area contributed by atoms with Gasteiger partial charge in [-0.15, -0.1) is 11.3 Å². The molecule has 19 heavy (non-hydrogen) atoms. The van der Waals surface area contributed by atoms with Gasteiger partial charge in [0.1, 0.15) is 5.01 Å². The Bertz CT molecular complexity index is 515. The molecule has 0 saturated carbocycles. The van der Waals surface area contributed by atoms with E-state index in [1.54, 1.807) is 11.3 Å². The molecule has 0 fully saturated rings. The van der Waals surface area contributed by atoms with Gasteiger partial charge in [0.15, 0.2) is 0 Å². The lowest BCUT2D eigenvalue weighted by molar-refractivity contribution is 0.619. The molecule has 2 aromatic heterocycles. The Labute approximate surface area is 118 Å². The van der Waals surface area contributed by atoms with Crippen molar-refractivity contribution in [3.05, 3.63) is 34.0 Å². The van der Waals surface area contributed by atoms with E-state index in [-0.39, 0.29) is 6.04 Å². The zero-order valence-electron chi connectivity index (χ0n) is 12.1. The third kappa shape index (κ3) is 3.22. The summed E-state index contributed by atoms with van der Waals surface area (Å²) in [5.74, 6) is 0.477. The highest BCUT2D eigenvalue weighted by Gasteiger charge is 2.19. The fourth-order valence-electron chi connectivity index (χ4n) is 1.95. The highest BCUT2D eigenvalue weighted by Crippen LogP contribution is 2.27. The van der Waals surface area contributed by atoms with Crippen LogP contribution in [0.25, 0.3) is 0 Å². The Balaban J connectivity index is 2.27. The molecular formula is C14H22N4S. The highest BCUT2D eigenvalue weighted by molar-refractivity contribution is 7.09. The van der Waals surface area contributed by atoms with Crippen LogP contribution in [-0.4, -0.2) is 21.3 Å². The highest BCUT2D eigenvalue weighted by atomic mass is 32.1. The summed E-state index contributed by atoms with van der Waals surface area (Å²) in [7, 11) is 0. The second-order valence-electron chi connectivity index (χ2n) is 4.89. The normalized spacial score (nSPS) is 13.1. The number of hydrogen-bond donors (Lipinski definition) is 1. The van der Waals surface area contributed by atoms with Crippen LogP contribution < -0.4 is 5.32 Å². The van der Waals surface area contributed by atoms with Crippen molar-refractivity contribution in [3.63, 3.8) is 0 Å². The predicted octanol–water partition coefficient (Wildman–Crippen LogP) is 3.18. The van der Waals surface area contributed by atoms with E-state index in [0.29, 0.717) is 5.92 Å². The monoisotopic (exact) mass is 278 g/mol. The van der Waals surface area contributed by atoms with Crippen molar-refractivity contribution in [1.29, 1.82) is 0 Å². The summed E-state index contributed by atoms with van der Waals surface area (Å²) in [4.78, 5) is 4.76. The van der Waals surface area contributed by atoms with Gasteiger partial charge in [0.25, 0.3) is 0 Å². The molecular weight excluding hydrogens is 256 g/mol. The van der Waals surface area contributed by atoms with Gasteiger partial charge in [-0.25, -0.2) is 4.98 Å². The van der Waals surface area contributed by atoms with Gasteiger partial charge in [-0.2, -0.15) is 5.10 Å². The summed E-state index contributed by atoms with van der Waals surface area (Å²) in [6.07, 6.45) is 4.04. The minimum Gasteiger partial charge on any atom is -0.304 e. The van der Waals surface area contributed by atoms with E-state index in [9.17, 15) is 0 Å². The van der Waals surface area contributed by atoms with Crippen molar-refractivity contribution < 1.29 is 0 Å². The Hall–Kier alpha value is -1.20. The second-order valence-corrected chi connectivity index (χ2v) is 5.78. The molecule has 1 atom stereocenters. The minimum atomic E-state index is 0.155. The summed E-state index contributed by atoms with van der Waals surface area (Å²) >= 11 is 1.73. The van der Waals surface area contributed by atoms with Gasteiger partial charge in [0.2, 0.25) is 0 Å². The third-order valence-corrected chi connectivity index (χ3v) is 4.02. The molecule has 0 aromatic carbocycles. The van der Waals surface area contributed by atoms with E-state index in [4.69, 9.17) is 4.98 Å². The summed E-state index contributed by atoms with van der Waals surface area (Å²) in [6.45, 7) is 10.4. The first kappa shape index (κ1) is 14.2. The number of nitrogens with one attached hydrogen (secondary N) is 1. The molecule has 4 nitrogen and oxygen atoms in total. The molecule has 2 rings (SSSR count). The molecule has 0 saturated heterocycles. The zero-order chi connectivity index (χ0) is 13.8. The van der Waals surface area contributed by atoms with Crippen LogP contribution >= 0.6 is 11.3 Å². The Morgan fingerprint density at radius 1 is 1.37 bits per heavy atom. The summed E-state index contributed by atoms with van der Waals surface area (Å²) < 4.78 is 1.95. The fourth-order valence-corrected chi connectivity index (χ4v) is 3.03. The Morgan fingerprint density at radius 2 is 2.16 bits per heavy atom. The number of hydrogen-bond acceptors (Lipinski definition) is 4. The lowest BCUT2D eigenvalue weighted by Crippen LogP contribution is -2.21. The van der Waals surface area contributed by atoms with Crippen LogP contribution in [0.1, 0.15) is 55.9 Å². The predicted molar refractivity (Wildman–Crippen MR) is 79.6 cm³/mol. The average Bonchev–Trinajstić information content (AvgIpc) is 3.05. The molecule has 2 heterocycles. The summed E-state index contributed by atoms with van der Waals surface area (Å²) in [5.41, 5.74) is 2.36. The molecule has 0 aliphatic rings. The van der Waals surface area contributed by atoms with Gasteiger partial charge in [0.05, 0.1) is 17.9 Å². The topological polar surface area (TPSA) is 42.7 Å². The molecule has 1 unspecified atom stereocenters. The zero-order valence-corrected chi connectivity index (χ0v) is 12.9. The van der Waals surface area contributed by atoms with Crippen LogP contribution in [0.4, 0.5) is 0 Å². The van der Waals surface area contributed by atoms with E-state index in [1.165, 1.54) is 11.3 Å². The molecule has 0 radical (unpaired) electrons. The first-order valence-electron chi connectivity index (χ1n) is 6.86. The van der Waals surface area contributed by atoms with Crippen LogP contribution in [0.2, 0.25) is 0 Å². The summed E-state index contributed by atoms with van der Waals surface area (Å²) in [6, 6.07) is 0.155. The van der Waals surface area contributed by atoms with E-state index in [2.05, 4.69) is 49.7 Å². The van der Waals surface area contributed by atoms with E-state index in [0.717, 1.165) is 18.1 Å². The first-order chi connectivity index (χ1) is 9.15. The molecule has 2 aromatic rings. The van der Waals surface area contributed by atoms with Gasteiger partial charge in [-0.05, 0) is 19.4 Å². The van der Waals surface area contributed by atoms with Crippen molar-refractivity contribution in [2.75, 3.05) is 6.54 Å². The maximum absolute atomic E-state index is 4.76. The standard InChI is InChI=1S/C14H22N4S/c1-5-15-13(11-7-16-18(6-2)8-11)14-17-12(9-19-14)10(3)4/h7-10,13,15H,5-6H2,1-4H3. The lowest BCUT2D eigenvalue weighted by Gasteiger charge is -2.13. The maximum atomic E-state index is 4.76. The smallest absolute Gasteiger partial charge is 0.115 e. The van der Waals surface area contributed by atoms with E-state index >= 15 is 0 Å². The van der Waals surface area contributed by atoms with Crippen LogP contribution in [-0.2, 0) is 6.54 Å². The van der Waals surface area contributed by atoms with Gasteiger partial charge in [-0.3, -0.25) is 4.68 Å². The maximum Gasteiger partial charge on any atom is 0.115 e. The molecule has 0 spiro atoms. The van der Waals surface area contributed by atoms with Crippen molar-refractivity contribution in [1.82, 2.24) is 20.1 Å². The fraction of sp³-hybridized carbons (Fsp3) is 0.571. The number of nitrogens with zero attached hydrogens (tertiary/aromatic N) is 3. The van der Waals surface area contributed by atoms with Crippen LogP contribution in [0.15, 0.2) is 17.8 Å². The van der Waals surface area contributed by atoms with Gasteiger partial charge in [-0.1, -0.05) is 20.8 Å². The first-order valence-corrected chi connectivity index (χ1v) is 7.74. The SMILES string of the molecule is CCNC(c1cnn(CC)c1)c1nc(C(C)C)cs1.